The van der Waals surface area contributed by atoms with Crippen molar-refractivity contribution in [1.29, 1.82) is 0 Å². The fourth-order valence-electron chi connectivity index (χ4n) is 2.90. The van der Waals surface area contributed by atoms with Gasteiger partial charge in [-0.15, -0.1) is 24.0 Å². The summed E-state index contributed by atoms with van der Waals surface area (Å²) in [6.45, 7) is 3.14. The quantitative estimate of drug-likeness (QED) is 0.204. The number of guanidine groups is 1. The first-order valence-electron chi connectivity index (χ1n) is 10.3. The highest BCUT2D eigenvalue weighted by Gasteiger charge is 2.09. The van der Waals surface area contributed by atoms with Crippen molar-refractivity contribution in [3.63, 3.8) is 0 Å². The van der Waals surface area contributed by atoms with E-state index in [2.05, 4.69) is 20.9 Å². The Kier molecular flexibility index (Phi) is 10.5. The number of benzene rings is 2. The predicted octanol–water partition coefficient (Wildman–Crippen LogP) is 4.29. The van der Waals surface area contributed by atoms with E-state index in [1.807, 2.05) is 55.5 Å². The summed E-state index contributed by atoms with van der Waals surface area (Å²) in [7, 11) is 3.35. The van der Waals surface area contributed by atoms with E-state index < -0.39 is 0 Å². The number of ether oxygens (including phenoxy) is 2. The van der Waals surface area contributed by atoms with Gasteiger partial charge in [-0.2, -0.15) is 0 Å². The van der Waals surface area contributed by atoms with E-state index in [4.69, 9.17) is 13.9 Å². The molecule has 0 radical (unpaired) electrons. The Morgan fingerprint density at radius 3 is 2.48 bits per heavy atom. The van der Waals surface area contributed by atoms with Gasteiger partial charge in [0.25, 0.3) is 5.91 Å². The van der Waals surface area contributed by atoms with E-state index in [-0.39, 0.29) is 41.7 Å². The van der Waals surface area contributed by atoms with Crippen LogP contribution in [0, 0.1) is 0 Å². The average Bonchev–Trinajstić information content (AvgIpc) is 3.35. The van der Waals surface area contributed by atoms with Crippen molar-refractivity contribution in [1.82, 2.24) is 10.6 Å². The molecule has 0 bridgehead atoms. The third kappa shape index (κ3) is 8.33. The van der Waals surface area contributed by atoms with E-state index in [0.717, 1.165) is 17.1 Å². The van der Waals surface area contributed by atoms with Gasteiger partial charge in [-0.05, 0) is 48.9 Å². The highest BCUT2D eigenvalue weighted by Crippen LogP contribution is 2.19. The summed E-state index contributed by atoms with van der Waals surface area (Å²) in [6.07, 6.45) is 1.40. The van der Waals surface area contributed by atoms with Crippen molar-refractivity contribution >= 4 is 41.5 Å². The van der Waals surface area contributed by atoms with Crippen LogP contribution in [0.3, 0.4) is 0 Å². The van der Waals surface area contributed by atoms with Crippen LogP contribution >= 0.6 is 24.0 Å². The highest BCUT2D eigenvalue weighted by molar-refractivity contribution is 14.0. The number of nitrogens with zero attached hydrogens (tertiary/aromatic N) is 1. The zero-order valence-electron chi connectivity index (χ0n) is 18.8. The summed E-state index contributed by atoms with van der Waals surface area (Å²) >= 11 is 0. The van der Waals surface area contributed by atoms with E-state index in [9.17, 15) is 4.79 Å². The summed E-state index contributed by atoms with van der Waals surface area (Å²) in [5.41, 5.74) is 1.74. The maximum Gasteiger partial charge on any atom is 0.291 e. The monoisotopic (exact) mass is 564 g/mol. The molecule has 9 heteroatoms. The lowest BCUT2D eigenvalue weighted by Crippen LogP contribution is -2.41. The van der Waals surface area contributed by atoms with Crippen LogP contribution in [-0.4, -0.2) is 38.7 Å². The second-order valence-corrected chi connectivity index (χ2v) is 7.04. The van der Waals surface area contributed by atoms with Crippen molar-refractivity contribution in [3.05, 3.63) is 78.3 Å². The second-order valence-electron chi connectivity index (χ2n) is 7.04. The molecule has 33 heavy (non-hydrogen) atoms. The standard InChI is InChI=1S/C24H28N4O4.HI/c1-17(32-21-7-4-6-20(14-21)30-3)15-26-24(25-2)27-16-18-9-11-19(12-10-18)28-23(29)22-8-5-13-31-22;/h4-14,17H,15-16H2,1-3H3,(H,28,29)(H2,25,26,27);1H. The smallest absolute Gasteiger partial charge is 0.291 e. The Labute approximate surface area is 210 Å². The molecule has 1 atom stereocenters. The Morgan fingerprint density at radius 1 is 1.06 bits per heavy atom. The normalized spacial score (nSPS) is 11.7. The lowest BCUT2D eigenvalue weighted by atomic mass is 10.2. The number of anilines is 1. The lowest BCUT2D eigenvalue weighted by Gasteiger charge is -2.18. The molecular weight excluding hydrogens is 535 g/mol. The van der Waals surface area contributed by atoms with Crippen LogP contribution in [0.2, 0.25) is 0 Å². The third-order valence-electron chi connectivity index (χ3n) is 4.58. The predicted molar refractivity (Wildman–Crippen MR) is 140 cm³/mol. The Hall–Kier alpha value is -3.21. The molecule has 1 aromatic heterocycles. The maximum atomic E-state index is 12.0. The number of nitrogens with one attached hydrogen (secondary N) is 3. The number of halogens is 1. The molecule has 3 N–H and O–H groups in total. The van der Waals surface area contributed by atoms with E-state index in [1.54, 1.807) is 26.3 Å². The molecule has 3 rings (SSSR count). The van der Waals surface area contributed by atoms with Gasteiger partial charge in [0.2, 0.25) is 0 Å². The van der Waals surface area contributed by atoms with Gasteiger partial charge in [0.05, 0.1) is 19.9 Å². The summed E-state index contributed by atoms with van der Waals surface area (Å²) in [5, 5.41) is 9.32. The molecule has 1 heterocycles. The molecule has 0 spiro atoms. The topological polar surface area (TPSA) is 97.1 Å². The molecule has 8 nitrogen and oxygen atoms in total. The zero-order valence-corrected chi connectivity index (χ0v) is 21.2. The molecular formula is C24H29IN4O4. The summed E-state index contributed by atoms with van der Waals surface area (Å²) in [5.74, 6) is 2.17. The minimum absolute atomic E-state index is 0. The molecule has 1 amide bonds. The van der Waals surface area contributed by atoms with E-state index >= 15 is 0 Å². The largest absolute Gasteiger partial charge is 0.497 e. The van der Waals surface area contributed by atoms with Crippen LogP contribution in [0.15, 0.2) is 76.3 Å². The number of carbonyl (C=O) groups excluding carboxylic acids is 1. The molecule has 0 fully saturated rings. The van der Waals surface area contributed by atoms with E-state index in [1.165, 1.54) is 6.26 Å². The fraction of sp³-hybridized carbons (Fsp3) is 0.250. The first-order valence-corrected chi connectivity index (χ1v) is 10.3. The third-order valence-corrected chi connectivity index (χ3v) is 4.58. The molecule has 0 aliphatic heterocycles. The SMILES string of the molecule is CN=C(NCc1ccc(NC(=O)c2ccco2)cc1)NCC(C)Oc1cccc(OC)c1.I. The number of hydrogen-bond donors (Lipinski definition) is 3. The summed E-state index contributed by atoms with van der Waals surface area (Å²) < 4.78 is 16.2. The van der Waals surface area contributed by atoms with Crippen LogP contribution in [0.4, 0.5) is 5.69 Å². The number of aliphatic imine (C=N–C) groups is 1. The van der Waals surface area contributed by atoms with Gasteiger partial charge >= 0.3 is 0 Å². The van der Waals surface area contributed by atoms with Crippen molar-refractivity contribution in [2.75, 3.05) is 26.0 Å². The van der Waals surface area contributed by atoms with Gasteiger partial charge in [-0.25, -0.2) is 0 Å². The summed E-state index contributed by atoms with van der Waals surface area (Å²) in [6, 6.07) is 18.4. The Bertz CT molecular complexity index is 1020. The summed E-state index contributed by atoms with van der Waals surface area (Å²) in [4.78, 5) is 16.3. The van der Waals surface area contributed by atoms with Gasteiger partial charge in [0, 0.05) is 25.3 Å². The Balaban J connectivity index is 0.00000385. The Morgan fingerprint density at radius 2 is 1.82 bits per heavy atom. The van der Waals surface area contributed by atoms with Crippen LogP contribution in [0.5, 0.6) is 11.5 Å². The van der Waals surface area contributed by atoms with Gasteiger partial charge in [-0.3, -0.25) is 9.79 Å². The lowest BCUT2D eigenvalue weighted by molar-refractivity contribution is 0.0996. The zero-order chi connectivity index (χ0) is 22.8. The van der Waals surface area contributed by atoms with Crippen molar-refractivity contribution in [3.8, 4) is 11.5 Å². The number of rotatable bonds is 9. The molecule has 2 aromatic carbocycles. The first-order chi connectivity index (χ1) is 15.6. The fourth-order valence-corrected chi connectivity index (χ4v) is 2.90. The number of hydrogen-bond acceptors (Lipinski definition) is 5. The number of methoxy groups -OCH3 is 1. The second kappa shape index (κ2) is 13.4. The average molecular weight is 564 g/mol. The first kappa shape index (κ1) is 26.0. The van der Waals surface area contributed by atoms with Crippen LogP contribution in [0.25, 0.3) is 0 Å². The van der Waals surface area contributed by atoms with Crippen LogP contribution in [0.1, 0.15) is 23.0 Å². The van der Waals surface area contributed by atoms with Crippen LogP contribution in [-0.2, 0) is 6.54 Å². The maximum absolute atomic E-state index is 12.0. The van der Waals surface area contributed by atoms with Crippen molar-refractivity contribution in [2.24, 2.45) is 4.99 Å². The van der Waals surface area contributed by atoms with Gasteiger partial charge < -0.3 is 29.8 Å². The van der Waals surface area contributed by atoms with Crippen LogP contribution < -0.4 is 25.4 Å². The van der Waals surface area contributed by atoms with Crippen molar-refractivity contribution in [2.45, 2.75) is 19.6 Å². The van der Waals surface area contributed by atoms with Gasteiger partial charge in [0.1, 0.15) is 17.6 Å². The van der Waals surface area contributed by atoms with Gasteiger partial charge in [-0.1, -0.05) is 18.2 Å². The van der Waals surface area contributed by atoms with Crippen molar-refractivity contribution < 1.29 is 18.7 Å². The molecule has 0 aliphatic carbocycles. The van der Waals surface area contributed by atoms with E-state index in [0.29, 0.717) is 24.7 Å². The molecule has 176 valence electrons. The molecule has 0 saturated carbocycles. The minimum atomic E-state index is -0.282. The number of furan rings is 1. The molecule has 0 saturated heterocycles. The number of amides is 1. The molecule has 3 aromatic rings. The number of carbonyl (C=O) groups is 1. The molecule has 1 unspecified atom stereocenters. The molecule has 0 aliphatic rings. The van der Waals surface area contributed by atoms with Gasteiger partial charge in [0.15, 0.2) is 11.7 Å². The highest BCUT2D eigenvalue weighted by atomic mass is 127. The minimum Gasteiger partial charge on any atom is -0.497 e.